The predicted octanol–water partition coefficient (Wildman–Crippen LogP) is 3.24. The van der Waals surface area contributed by atoms with Gasteiger partial charge in [-0.15, -0.1) is 0 Å². The summed E-state index contributed by atoms with van der Waals surface area (Å²) >= 11 is 0. The smallest absolute Gasteiger partial charge is 0.172 e. The van der Waals surface area contributed by atoms with Gasteiger partial charge in [0.2, 0.25) is 0 Å². The summed E-state index contributed by atoms with van der Waals surface area (Å²) in [5, 5.41) is 0. The Balaban J connectivity index is 1.64. The first-order valence-corrected chi connectivity index (χ1v) is 8.10. The maximum Gasteiger partial charge on any atom is 0.172 e. The Bertz CT molecular complexity index is 461. The molecule has 0 N–H and O–H groups in total. The average molecular weight is 276 g/mol. The van der Waals surface area contributed by atoms with E-state index in [1.165, 1.54) is 5.57 Å². The third-order valence-electron chi connectivity index (χ3n) is 6.33. The number of hydrogen-bond donors (Lipinski definition) is 0. The molecule has 1 aliphatic heterocycles. The van der Waals surface area contributed by atoms with Gasteiger partial charge in [-0.1, -0.05) is 18.6 Å². The van der Waals surface area contributed by atoms with E-state index in [2.05, 4.69) is 13.0 Å². The Morgan fingerprint density at radius 2 is 2.05 bits per heavy atom. The summed E-state index contributed by atoms with van der Waals surface area (Å²) in [6.07, 6.45) is 9.30. The molecule has 4 aliphatic rings. The van der Waals surface area contributed by atoms with E-state index in [4.69, 9.17) is 9.47 Å². The zero-order valence-corrected chi connectivity index (χ0v) is 12.3. The summed E-state index contributed by atoms with van der Waals surface area (Å²) < 4.78 is 11.8. The molecule has 0 amide bonds. The largest absolute Gasteiger partial charge is 0.347 e. The first-order valence-electron chi connectivity index (χ1n) is 8.10. The quantitative estimate of drug-likeness (QED) is 0.637. The maximum atomic E-state index is 11.9. The van der Waals surface area contributed by atoms with Crippen molar-refractivity contribution in [3.63, 3.8) is 0 Å². The Morgan fingerprint density at radius 3 is 2.85 bits per heavy atom. The van der Waals surface area contributed by atoms with Crippen molar-refractivity contribution in [2.24, 2.45) is 17.3 Å². The molecule has 0 aromatic rings. The van der Waals surface area contributed by atoms with Gasteiger partial charge in [0, 0.05) is 25.7 Å². The second-order valence-electron chi connectivity index (χ2n) is 7.31. The summed E-state index contributed by atoms with van der Waals surface area (Å²) in [5.74, 6) is 1.42. The molecule has 1 heterocycles. The molecule has 3 nitrogen and oxygen atoms in total. The van der Waals surface area contributed by atoms with E-state index >= 15 is 0 Å². The molecule has 110 valence electrons. The topological polar surface area (TPSA) is 35.5 Å². The number of rotatable bonds is 0. The van der Waals surface area contributed by atoms with Gasteiger partial charge in [0.25, 0.3) is 0 Å². The van der Waals surface area contributed by atoms with Crippen LogP contribution >= 0.6 is 0 Å². The van der Waals surface area contributed by atoms with E-state index in [0.29, 0.717) is 11.7 Å². The number of Topliss-reactive ketones (excluding diaryl/α,β-unsaturated/α-hetero) is 1. The van der Waals surface area contributed by atoms with Gasteiger partial charge in [-0.25, -0.2) is 0 Å². The minimum absolute atomic E-state index is 0.208. The lowest BCUT2D eigenvalue weighted by Gasteiger charge is -2.53. The fraction of sp³-hybridized carbons (Fsp3) is 0.824. The van der Waals surface area contributed by atoms with Gasteiger partial charge in [0.1, 0.15) is 5.78 Å². The summed E-state index contributed by atoms with van der Waals surface area (Å²) in [6.45, 7) is 3.85. The molecule has 0 bridgehead atoms. The first kappa shape index (κ1) is 13.0. The van der Waals surface area contributed by atoms with Gasteiger partial charge in [0.05, 0.1) is 13.2 Å². The molecule has 3 heteroatoms. The zero-order chi connectivity index (χ0) is 13.8. The van der Waals surface area contributed by atoms with Gasteiger partial charge in [0.15, 0.2) is 5.79 Å². The molecule has 1 spiro atoms. The first-order chi connectivity index (χ1) is 9.61. The van der Waals surface area contributed by atoms with Crippen LogP contribution < -0.4 is 0 Å². The van der Waals surface area contributed by atoms with Gasteiger partial charge < -0.3 is 9.47 Å². The lowest BCUT2D eigenvalue weighted by atomic mass is 9.53. The van der Waals surface area contributed by atoms with Crippen molar-refractivity contribution in [1.82, 2.24) is 0 Å². The summed E-state index contributed by atoms with van der Waals surface area (Å²) in [7, 11) is 0. The Kier molecular flexibility index (Phi) is 2.87. The SMILES string of the molecule is C[C@]12CCC3(CC1=CC[C@H]1CCC(=O)C[C@@H]12)OCCO3. The van der Waals surface area contributed by atoms with E-state index in [1.807, 2.05) is 0 Å². The van der Waals surface area contributed by atoms with Crippen molar-refractivity contribution >= 4 is 5.78 Å². The van der Waals surface area contributed by atoms with Crippen LogP contribution in [0.4, 0.5) is 0 Å². The Labute approximate surface area is 120 Å². The highest BCUT2D eigenvalue weighted by Gasteiger charge is 2.53. The van der Waals surface area contributed by atoms with Crippen molar-refractivity contribution < 1.29 is 14.3 Å². The number of carbonyl (C=O) groups excluding carboxylic acids is 1. The molecule has 3 atom stereocenters. The molecule has 2 saturated carbocycles. The van der Waals surface area contributed by atoms with Gasteiger partial charge in [-0.2, -0.15) is 0 Å². The van der Waals surface area contributed by atoms with E-state index in [9.17, 15) is 4.79 Å². The normalized spacial score (nSPS) is 43.0. The fourth-order valence-corrected chi connectivity index (χ4v) is 5.05. The van der Waals surface area contributed by atoms with Crippen molar-refractivity contribution in [1.29, 1.82) is 0 Å². The van der Waals surface area contributed by atoms with Crippen molar-refractivity contribution in [2.45, 2.75) is 57.7 Å². The summed E-state index contributed by atoms with van der Waals surface area (Å²) in [5.41, 5.74) is 1.71. The highest BCUT2D eigenvalue weighted by molar-refractivity contribution is 5.79. The van der Waals surface area contributed by atoms with Crippen LogP contribution in [-0.4, -0.2) is 24.8 Å². The highest BCUT2D eigenvalue weighted by atomic mass is 16.7. The molecule has 0 radical (unpaired) electrons. The molecule has 0 unspecified atom stereocenters. The van der Waals surface area contributed by atoms with Gasteiger partial charge in [-0.05, 0) is 36.5 Å². The van der Waals surface area contributed by atoms with Crippen LogP contribution in [0.2, 0.25) is 0 Å². The second-order valence-corrected chi connectivity index (χ2v) is 7.31. The molecule has 0 aromatic heterocycles. The fourth-order valence-electron chi connectivity index (χ4n) is 5.05. The average Bonchev–Trinajstić information content (AvgIpc) is 2.89. The minimum atomic E-state index is -0.336. The number of ketones is 1. The van der Waals surface area contributed by atoms with Crippen LogP contribution in [0.15, 0.2) is 11.6 Å². The molecule has 20 heavy (non-hydrogen) atoms. The van der Waals surface area contributed by atoms with Gasteiger partial charge >= 0.3 is 0 Å². The number of fused-ring (bicyclic) bond motifs is 3. The third kappa shape index (κ3) is 1.82. The van der Waals surface area contributed by atoms with Crippen molar-refractivity contribution in [3.8, 4) is 0 Å². The molecule has 3 aliphatic carbocycles. The molecular formula is C17H24O3. The van der Waals surface area contributed by atoms with E-state index in [1.54, 1.807) is 0 Å². The summed E-state index contributed by atoms with van der Waals surface area (Å²) in [4.78, 5) is 11.9. The molecule has 1 saturated heterocycles. The molecule has 0 aromatic carbocycles. The van der Waals surface area contributed by atoms with Crippen LogP contribution in [-0.2, 0) is 14.3 Å². The van der Waals surface area contributed by atoms with Crippen molar-refractivity contribution in [2.75, 3.05) is 13.2 Å². The second kappa shape index (κ2) is 4.41. The monoisotopic (exact) mass is 276 g/mol. The van der Waals surface area contributed by atoms with E-state index in [-0.39, 0.29) is 11.2 Å². The van der Waals surface area contributed by atoms with Crippen LogP contribution in [0.1, 0.15) is 51.9 Å². The predicted molar refractivity (Wildman–Crippen MR) is 75.1 cm³/mol. The Morgan fingerprint density at radius 1 is 1.25 bits per heavy atom. The van der Waals surface area contributed by atoms with Crippen LogP contribution in [0, 0.1) is 17.3 Å². The molecular weight excluding hydrogens is 252 g/mol. The lowest BCUT2D eigenvalue weighted by molar-refractivity contribution is -0.182. The highest BCUT2D eigenvalue weighted by Crippen LogP contribution is 2.58. The number of allylic oxidation sites excluding steroid dienone is 1. The summed E-state index contributed by atoms with van der Waals surface area (Å²) in [6, 6.07) is 0. The van der Waals surface area contributed by atoms with E-state index in [0.717, 1.165) is 64.1 Å². The van der Waals surface area contributed by atoms with Crippen LogP contribution in [0.3, 0.4) is 0 Å². The number of hydrogen-bond acceptors (Lipinski definition) is 3. The van der Waals surface area contributed by atoms with Crippen molar-refractivity contribution in [3.05, 3.63) is 11.6 Å². The maximum absolute atomic E-state index is 11.9. The molecule has 3 fully saturated rings. The zero-order valence-electron chi connectivity index (χ0n) is 12.3. The van der Waals surface area contributed by atoms with Crippen LogP contribution in [0.25, 0.3) is 0 Å². The number of ether oxygens (including phenoxy) is 2. The van der Waals surface area contributed by atoms with Gasteiger partial charge in [-0.3, -0.25) is 4.79 Å². The van der Waals surface area contributed by atoms with Crippen LogP contribution in [0.5, 0.6) is 0 Å². The van der Waals surface area contributed by atoms with E-state index < -0.39 is 0 Å². The Hall–Kier alpha value is -0.670. The minimum Gasteiger partial charge on any atom is -0.347 e. The molecule has 4 rings (SSSR count). The standard InChI is InChI=1S/C17H24O3/c1-16-6-7-17(19-8-9-20-17)11-13(16)4-2-12-3-5-14(18)10-15(12)16/h4,12,15H,2-3,5-11H2,1H3/t12-,15-,16-/m0/s1. The third-order valence-corrected chi connectivity index (χ3v) is 6.33. The lowest BCUT2D eigenvalue weighted by Crippen LogP contribution is -2.48. The number of carbonyl (C=O) groups is 1.